The Morgan fingerprint density at radius 3 is 2.07 bits per heavy atom. The van der Waals surface area contributed by atoms with Crippen LogP contribution in [-0.4, -0.2) is 13.0 Å². The van der Waals surface area contributed by atoms with Crippen LogP contribution in [0.15, 0.2) is 72.8 Å². The zero-order valence-corrected chi connectivity index (χ0v) is 15.7. The van der Waals surface area contributed by atoms with Gasteiger partial charge in [0.25, 0.3) is 0 Å². The van der Waals surface area contributed by atoms with Gasteiger partial charge in [0.15, 0.2) is 0 Å². The number of carbonyl (C=O) groups excluding carboxylic acids is 1. The maximum Gasteiger partial charge on any atom is 0.228 e. The van der Waals surface area contributed by atoms with Gasteiger partial charge in [-0.15, -0.1) is 0 Å². The Morgan fingerprint density at radius 2 is 1.44 bits per heavy atom. The first kappa shape index (κ1) is 18.8. The Kier molecular flexibility index (Phi) is 6.34. The highest BCUT2D eigenvalue weighted by molar-refractivity contribution is 6.30. The molecule has 0 heterocycles. The Hall–Kier alpha value is -2.98. The molecule has 0 unspecified atom stereocenters. The first-order valence-electron chi connectivity index (χ1n) is 8.52. The van der Waals surface area contributed by atoms with E-state index in [1.165, 1.54) is 0 Å². The number of rotatable bonds is 7. The molecule has 5 heteroatoms. The average molecular weight is 382 g/mol. The van der Waals surface area contributed by atoms with Crippen molar-refractivity contribution in [1.82, 2.24) is 0 Å². The van der Waals surface area contributed by atoms with Crippen LogP contribution >= 0.6 is 11.6 Å². The van der Waals surface area contributed by atoms with E-state index in [9.17, 15) is 4.79 Å². The van der Waals surface area contributed by atoms with Crippen molar-refractivity contribution in [2.75, 3.05) is 12.4 Å². The maximum absolute atomic E-state index is 12.2. The van der Waals surface area contributed by atoms with E-state index in [1.807, 2.05) is 72.8 Å². The van der Waals surface area contributed by atoms with Gasteiger partial charge in [-0.25, -0.2) is 0 Å². The van der Waals surface area contributed by atoms with Crippen LogP contribution in [0.4, 0.5) is 5.69 Å². The normalized spacial score (nSPS) is 10.3. The second kappa shape index (κ2) is 9.10. The number of halogens is 1. The fraction of sp³-hybridized carbons (Fsp3) is 0.136. The number of hydrogen-bond donors (Lipinski definition) is 1. The summed E-state index contributed by atoms with van der Waals surface area (Å²) in [6.07, 6.45) is 0.304. The van der Waals surface area contributed by atoms with Gasteiger partial charge in [-0.1, -0.05) is 35.9 Å². The van der Waals surface area contributed by atoms with Gasteiger partial charge in [0, 0.05) is 10.7 Å². The molecule has 3 rings (SSSR count). The van der Waals surface area contributed by atoms with Crippen LogP contribution in [0.5, 0.6) is 11.5 Å². The SMILES string of the molecule is COc1ccc(CC(=O)Nc2ccc(OCc3ccc(Cl)cc3)cc2)cc1. The van der Waals surface area contributed by atoms with Gasteiger partial charge < -0.3 is 14.8 Å². The van der Waals surface area contributed by atoms with Crippen LogP contribution in [0.1, 0.15) is 11.1 Å². The Balaban J connectivity index is 1.50. The minimum atomic E-state index is -0.0741. The molecule has 0 fully saturated rings. The minimum absolute atomic E-state index is 0.0741. The smallest absolute Gasteiger partial charge is 0.228 e. The summed E-state index contributed by atoms with van der Waals surface area (Å²) in [6, 6.07) is 22.3. The van der Waals surface area contributed by atoms with E-state index in [-0.39, 0.29) is 5.91 Å². The van der Waals surface area contributed by atoms with Crippen LogP contribution in [0, 0.1) is 0 Å². The molecule has 3 aromatic carbocycles. The fourth-order valence-electron chi connectivity index (χ4n) is 2.52. The third kappa shape index (κ3) is 5.76. The molecule has 0 aliphatic carbocycles. The number of nitrogens with one attached hydrogen (secondary N) is 1. The molecule has 1 N–H and O–H groups in total. The highest BCUT2D eigenvalue weighted by Crippen LogP contribution is 2.18. The summed E-state index contributed by atoms with van der Waals surface area (Å²) in [6.45, 7) is 0.459. The van der Waals surface area contributed by atoms with Gasteiger partial charge in [-0.3, -0.25) is 4.79 Å². The second-order valence-electron chi connectivity index (χ2n) is 6.01. The molecule has 3 aromatic rings. The molecule has 4 nitrogen and oxygen atoms in total. The van der Waals surface area contributed by atoms with Crippen molar-refractivity contribution in [2.45, 2.75) is 13.0 Å². The Bertz CT molecular complexity index is 875. The minimum Gasteiger partial charge on any atom is -0.497 e. The lowest BCUT2D eigenvalue weighted by Gasteiger charge is -2.09. The van der Waals surface area contributed by atoms with Crippen molar-refractivity contribution in [2.24, 2.45) is 0 Å². The van der Waals surface area contributed by atoms with Crippen molar-refractivity contribution in [3.63, 3.8) is 0 Å². The summed E-state index contributed by atoms with van der Waals surface area (Å²) in [5.74, 6) is 1.43. The standard InChI is InChI=1S/C22H20ClNO3/c1-26-20-10-4-16(5-11-20)14-22(25)24-19-8-12-21(13-9-19)27-15-17-2-6-18(23)7-3-17/h2-13H,14-15H2,1H3,(H,24,25). The zero-order valence-electron chi connectivity index (χ0n) is 14.9. The molecule has 0 bridgehead atoms. The number of ether oxygens (including phenoxy) is 2. The molecule has 0 spiro atoms. The molecule has 0 saturated heterocycles. The van der Waals surface area contributed by atoms with Crippen LogP contribution in [0.2, 0.25) is 5.02 Å². The Labute approximate surface area is 163 Å². The lowest BCUT2D eigenvalue weighted by Crippen LogP contribution is -2.14. The largest absolute Gasteiger partial charge is 0.497 e. The molecule has 27 heavy (non-hydrogen) atoms. The van der Waals surface area contributed by atoms with E-state index in [0.717, 1.165) is 28.3 Å². The number of carbonyl (C=O) groups is 1. The molecular formula is C22H20ClNO3. The van der Waals surface area contributed by atoms with Gasteiger partial charge in [-0.2, -0.15) is 0 Å². The van der Waals surface area contributed by atoms with Gasteiger partial charge in [0.05, 0.1) is 13.5 Å². The molecule has 1 amide bonds. The molecule has 0 aromatic heterocycles. The van der Waals surface area contributed by atoms with E-state index in [1.54, 1.807) is 7.11 Å². The van der Waals surface area contributed by atoms with Crippen molar-refractivity contribution >= 4 is 23.2 Å². The van der Waals surface area contributed by atoms with Crippen molar-refractivity contribution in [3.8, 4) is 11.5 Å². The zero-order chi connectivity index (χ0) is 19.1. The van der Waals surface area contributed by atoms with Gasteiger partial charge >= 0.3 is 0 Å². The summed E-state index contributed by atoms with van der Waals surface area (Å²) in [5, 5.41) is 3.59. The third-order valence-corrected chi connectivity index (χ3v) is 4.23. The predicted octanol–water partition coefficient (Wildman–Crippen LogP) is 5.11. The van der Waals surface area contributed by atoms with E-state index in [4.69, 9.17) is 21.1 Å². The number of anilines is 1. The monoisotopic (exact) mass is 381 g/mol. The second-order valence-corrected chi connectivity index (χ2v) is 6.45. The summed E-state index contributed by atoms with van der Waals surface area (Å²) >= 11 is 5.87. The fourth-order valence-corrected chi connectivity index (χ4v) is 2.64. The van der Waals surface area contributed by atoms with Crippen LogP contribution < -0.4 is 14.8 Å². The van der Waals surface area contributed by atoms with Crippen molar-refractivity contribution < 1.29 is 14.3 Å². The Morgan fingerprint density at radius 1 is 0.852 bits per heavy atom. The van der Waals surface area contributed by atoms with Crippen molar-refractivity contribution in [3.05, 3.63) is 88.9 Å². The molecule has 0 aliphatic rings. The number of amides is 1. The average Bonchev–Trinajstić information content (AvgIpc) is 2.69. The summed E-state index contributed by atoms with van der Waals surface area (Å²) < 4.78 is 10.9. The molecule has 0 radical (unpaired) electrons. The van der Waals surface area contributed by atoms with Crippen LogP contribution in [0.25, 0.3) is 0 Å². The first-order valence-corrected chi connectivity index (χ1v) is 8.90. The van der Waals surface area contributed by atoms with E-state index in [2.05, 4.69) is 5.32 Å². The lowest BCUT2D eigenvalue weighted by atomic mass is 10.1. The summed E-state index contributed by atoms with van der Waals surface area (Å²) in [4.78, 5) is 12.2. The van der Waals surface area contributed by atoms with Gasteiger partial charge in [0.2, 0.25) is 5.91 Å². The topological polar surface area (TPSA) is 47.6 Å². The van der Waals surface area contributed by atoms with Gasteiger partial charge in [0.1, 0.15) is 18.1 Å². The number of hydrogen-bond acceptors (Lipinski definition) is 3. The molecular weight excluding hydrogens is 362 g/mol. The van der Waals surface area contributed by atoms with Crippen LogP contribution in [0.3, 0.4) is 0 Å². The highest BCUT2D eigenvalue weighted by atomic mass is 35.5. The summed E-state index contributed by atoms with van der Waals surface area (Å²) in [5.41, 5.74) is 2.69. The first-order chi connectivity index (χ1) is 13.1. The molecule has 138 valence electrons. The quantitative estimate of drug-likeness (QED) is 0.618. The number of benzene rings is 3. The third-order valence-electron chi connectivity index (χ3n) is 3.98. The van der Waals surface area contributed by atoms with Crippen molar-refractivity contribution in [1.29, 1.82) is 0 Å². The van der Waals surface area contributed by atoms with E-state index in [0.29, 0.717) is 18.1 Å². The maximum atomic E-state index is 12.2. The van der Waals surface area contributed by atoms with E-state index >= 15 is 0 Å². The molecule has 0 aliphatic heterocycles. The summed E-state index contributed by atoms with van der Waals surface area (Å²) in [7, 11) is 1.62. The van der Waals surface area contributed by atoms with Gasteiger partial charge in [-0.05, 0) is 59.7 Å². The van der Waals surface area contributed by atoms with Crippen LogP contribution in [-0.2, 0) is 17.8 Å². The predicted molar refractivity (Wildman–Crippen MR) is 108 cm³/mol. The molecule has 0 atom stereocenters. The van der Waals surface area contributed by atoms with E-state index < -0.39 is 0 Å². The molecule has 0 saturated carbocycles. The lowest BCUT2D eigenvalue weighted by molar-refractivity contribution is -0.115. The highest BCUT2D eigenvalue weighted by Gasteiger charge is 2.05. The number of methoxy groups -OCH3 is 1.